The molecule has 3 aromatic rings. The fourth-order valence-electron chi connectivity index (χ4n) is 4.42. The number of ether oxygens (including phenoxy) is 2. The number of benzene rings is 2. The number of carbonyl (C=O) groups excluding carboxylic acids is 1. The van der Waals surface area contributed by atoms with Crippen LogP contribution < -0.4 is 14.8 Å². The van der Waals surface area contributed by atoms with Gasteiger partial charge in [0.2, 0.25) is 6.79 Å². The van der Waals surface area contributed by atoms with Crippen molar-refractivity contribution in [2.45, 2.75) is 18.5 Å². The van der Waals surface area contributed by atoms with E-state index in [1.807, 2.05) is 37.4 Å². The number of carbonyl (C=O) groups is 2. The largest absolute Gasteiger partial charge is 0.480 e. The van der Waals surface area contributed by atoms with Crippen LogP contribution in [0.25, 0.3) is 10.9 Å². The molecule has 5 rings (SSSR count). The minimum Gasteiger partial charge on any atom is -0.480 e. The Morgan fingerprint density at radius 3 is 2.77 bits per heavy atom. The van der Waals surface area contributed by atoms with Crippen molar-refractivity contribution in [1.82, 2.24) is 9.88 Å². The van der Waals surface area contributed by atoms with Gasteiger partial charge in [0.25, 0.3) is 0 Å². The van der Waals surface area contributed by atoms with E-state index in [9.17, 15) is 14.7 Å². The maximum Gasteiger partial charge on any atom is 0.321 e. The molecule has 0 aliphatic carbocycles. The van der Waals surface area contributed by atoms with E-state index >= 15 is 0 Å². The first-order valence-electron chi connectivity index (χ1n) is 9.56. The van der Waals surface area contributed by atoms with E-state index in [-0.39, 0.29) is 24.5 Å². The van der Waals surface area contributed by atoms with Crippen LogP contribution in [0.15, 0.2) is 36.4 Å². The number of carboxylic acid groups (broad SMARTS) is 1. The maximum atomic E-state index is 12.1. The minimum atomic E-state index is -0.920. The van der Waals surface area contributed by atoms with Crippen LogP contribution >= 0.6 is 11.6 Å². The third kappa shape index (κ3) is 2.85. The summed E-state index contributed by atoms with van der Waals surface area (Å²) in [6.07, 6.45) is 0.321. The molecule has 2 aliphatic rings. The fraction of sp³-hybridized carbons (Fsp3) is 0.273. The number of hydrogen-bond acceptors (Lipinski definition) is 5. The van der Waals surface area contributed by atoms with Crippen LogP contribution in [-0.2, 0) is 18.3 Å². The van der Waals surface area contributed by atoms with E-state index in [1.54, 1.807) is 6.07 Å². The molecule has 2 atom stereocenters. The number of aromatic nitrogens is 1. The standard InChI is InChI=1S/C22H19ClN2O5/c1-25-16-4-2-11(17(26)9-23)6-13(16)14-8-15(22(27)28)24-20(21(14)25)12-3-5-18-19(7-12)30-10-29-18/h2-7,15,20,24H,8-10H2,1H3,(H,27,28)/t15-,20-/m0/s1. The molecule has 0 amide bonds. The predicted molar refractivity (Wildman–Crippen MR) is 111 cm³/mol. The second kappa shape index (κ2) is 7.04. The normalized spacial score (nSPS) is 19.7. The topological polar surface area (TPSA) is 89.8 Å². The average Bonchev–Trinajstić information content (AvgIpc) is 3.34. The molecule has 30 heavy (non-hydrogen) atoms. The monoisotopic (exact) mass is 426 g/mol. The highest BCUT2D eigenvalue weighted by Crippen LogP contribution is 2.41. The van der Waals surface area contributed by atoms with Crippen molar-refractivity contribution in [3.05, 3.63) is 58.8 Å². The van der Waals surface area contributed by atoms with E-state index in [0.29, 0.717) is 23.5 Å². The van der Waals surface area contributed by atoms with E-state index < -0.39 is 12.0 Å². The second-order valence-corrected chi connectivity index (χ2v) is 7.79. The van der Waals surface area contributed by atoms with Crippen molar-refractivity contribution in [3.8, 4) is 11.5 Å². The summed E-state index contributed by atoms with van der Waals surface area (Å²) in [6, 6.07) is 9.99. The summed E-state index contributed by atoms with van der Waals surface area (Å²) >= 11 is 5.74. The van der Waals surface area contributed by atoms with Crippen LogP contribution in [0.3, 0.4) is 0 Å². The molecule has 2 aromatic carbocycles. The number of Topliss-reactive ketones (excluding diaryl/α,β-unsaturated/α-hetero) is 1. The first-order chi connectivity index (χ1) is 14.5. The molecular weight excluding hydrogens is 408 g/mol. The van der Waals surface area contributed by atoms with Crippen LogP contribution in [0, 0.1) is 0 Å². The van der Waals surface area contributed by atoms with Crippen molar-refractivity contribution in [3.63, 3.8) is 0 Å². The number of fused-ring (bicyclic) bond motifs is 4. The van der Waals surface area contributed by atoms with Gasteiger partial charge in [0.1, 0.15) is 6.04 Å². The number of nitrogens with one attached hydrogen (secondary N) is 1. The molecule has 8 heteroatoms. The molecule has 2 N–H and O–H groups in total. The molecule has 7 nitrogen and oxygen atoms in total. The Labute approximate surface area is 177 Å². The van der Waals surface area contributed by atoms with Crippen molar-refractivity contribution < 1.29 is 24.2 Å². The summed E-state index contributed by atoms with van der Waals surface area (Å²) < 4.78 is 13.0. The average molecular weight is 427 g/mol. The predicted octanol–water partition coefficient (Wildman–Crippen LogP) is 3.02. The Hall–Kier alpha value is -3.03. The maximum absolute atomic E-state index is 12.1. The van der Waals surface area contributed by atoms with Gasteiger partial charge in [-0.25, -0.2) is 0 Å². The molecule has 3 heterocycles. The van der Waals surface area contributed by atoms with E-state index in [1.165, 1.54) is 0 Å². The summed E-state index contributed by atoms with van der Waals surface area (Å²) in [5, 5.41) is 13.9. The van der Waals surface area contributed by atoms with Gasteiger partial charge in [-0.3, -0.25) is 14.9 Å². The van der Waals surface area contributed by atoms with Gasteiger partial charge in [0, 0.05) is 35.6 Å². The van der Waals surface area contributed by atoms with E-state index in [4.69, 9.17) is 21.1 Å². The number of rotatable bonds is 4. The zero-order valence-electron chi connectivity index (χ0n) is 16.1. The zero-order valence-corrected chi connectivity index (χ0v) is 16.9. The number of aliphatic carboxylic acids is 1. The SMILES string of the molecule is Cn1c2c(c3cc(C(=O)CCl)ccc31)C[C@@H](C(=O)O)N[C@H]2c1ccc2c(c1)OCO2. The van der Waals surface area contributed by atoms with E-state index in [0.717, 1.165) is 27.7 Å². The number of hydrogen-bond donors (Lipinski definition) is 2. The molecule has 0 unspecified atom stereocenters. The lowest BCUT2D eigenvalue weighted by atomic mass is 9.89. The quantitative estimate of drug-likeness (QED) is 0.492. The van der Waals surface area contributed by atoms with Gasteiger partial charge in [-0.2, -0.15) is 0 Å². The van der Waals surface area contributed by atoms with Crippen molar-refractivity contribution in [2.24, 2.45) is 7.05 Å². The Morgan fingerprint density at radius 2 is 2.00 bits per heavy atom. The van der Waals surface area contributed by atoms with Crippen molar-refractivity contribution in [1.29, 1.82) is 0 Å². The number of carboxylic acids is 1. The summed E-state index contributed by atoms with van der Waals surface area (Å²) in [4.78, 5) is 24.0. The summed E-state index contributed by atoms with van der Waals surface area (Å²) in [5.74, 6) is 0.135. The molecule has 154 valence electrons. The van der Waals surface area contributed by atoms with Crippen molar-refractivity contribution in [2.75, 3.05) is 12.7 Å². The molecule has 0 fully saturated rings. The Balaban J connectivity index is 1.71. The zero-order chi connectivity index (χ0) is 21.0. The first kappa shape index (κ1) is 19.0. The summed E-state index contributed by atoms with van der Waals surface area (Å²) in [7, 11) is 1.95. The number of nitrogens with zero attached hydrogens (tertiary/aromatic N) is 1. The first-order valence-corrected chi connectivity index (χ1v) is 10.1. The Bertz CT molecular complexity index is 1200. The Kier molecular flexibility index (Phi) is 4.45. The molecule has 0 saturated heterocycles. The van der Waals surface area contributed by atoms with Crippen molar-refractivity contribution >= 4 is 34.3 Å². The van der Waals surface area contributed by atoms with Crippen LogP contribution in [0.1, 0.15) is 33.2 Å². The lowest BCUT2D eigenvalue weighted by Gasteiger charge is -2.31. The molecular formula is C22H19ClN2O5. The smallest absolute Gasteiger partial charge is 0.321 e. The van der Waals surface area contributed by atoms with Gasteiger partial charge in [-0.05, 0) is 41.5 Å². The van der Waals surface area contributed by atoms with Gasteiger partial charge in [0.15, 0.2) is 17.3 Å². The highest BCUT2D eigenvalue weighted by molar-refractivity contribution is 6.30. The van der Waals surface area contributed by atoms with Crippen LogP contribution in [0.2, 0.25) is 0 Å². The van der Waals surface area contributed by atoms with Crippen LogP contribution in [0.4, 0.5) is 0 Å². The molecule has 0 bridgehead atoms. The summed E-state index contributed by atoms with van der Waals surface area (Å²) in [5.41, 5.74) is 4.23. The van der Waals surface area contributed by atoms with E-state index in [2.05, 4.69) is 9.88 Å². The Morgan fingerprint density at radius 1 is 1.20 bits per heavy atom. The molecule has 2 aliphatic heterocycles. The molecule has 1 aromatic heterocycles. The second-order valence-electron chi connectivity index (χ2n) is 7.52. The highest BCUT2D eigenvalue weighted by Gasteiger charge is 2.36. The molecule has 0 radical (unpaired) electrons. The minimum absolute atomic E-state index is 0.0976. The number of halogens is 1. The van der Waals surface area contributed by atoms with Crippen LogP contribution in [-0.4, -0.2) is 40.1 Å². The van der Waals surface area contributed by atoms with Gasteiger partial charge in [-0.1, -0.05) is 6.07 Å². The lowest BCUT2D eigenvalue weighted by Crippen LogP contribution is -2.45. The highest BCUT2D eigenvalue weighted by atomic mass is 35.5. The lowest BCUT2D eigenvalue weighted by molar-refractivity contribution is -0.139. The number of aryl methyl sites for hydroxylation is 1. The number of alkyl halides is 1. The van der Waals surface area contributed by atoms with Gasteiger partial charge >= 0.3 is 5.97 Å². The molecule has 0 saturated carbocycles. The third-order valence-electron chi connectivity index (χ3n) is 5.87. The van der Waals surface area contributed by atoms with Gasteiger partial charge < -0.3 is 19.1 Å². The van der Waals surface area contributed by atoms with Gasteiger partial charge in [0.05, 0.1) is 11.9 Å². The van der Waals surface area contributed by atoms with Gasteiger partial charge in [-0.15, -0.1) is 11.6 Å². The summed E-state index contributed by atoms with van der Waals surface area (Å²) in [6.45, 7) is 0.172. The number of ketones is 1. The van der Waals surface area contributed by atoms with Crippen LogP contribution in [0.5, 0.6) is 11.5 Å². The third-order valence-corrected chi connectivity index (χ3v) is 6.12. The fourth-order valence-corrected chi connectivity index (χ4v) is 4.58. The molecule has 0 spiro atoms.